The molecule has 84 valence electrons. The molecule has 0 aliphatic carbocycles. The second kappa shape index (κ2) is 4.81. The number of aromatic nitrogens is 1. The van der Waals surface area contributed by atoms with Crippen LogP contribution < -0.4 is 10.5 Å². The molecule has 1 unspecified atom stereocenters. The number of nitrogens with zero attached hydrogens (tertiary/aromatic N) is 1. The molecule has 0 saturated heterocycles. The number of rotatable bonds is 4. The number of nitrogens with two attached hydrogens (primary N) is 1. The van der Waals surface area contributed by atoms with Crippen LogP contribution in [0.1, 0.15) is 24.1 Å². The lowest BCUT2D eigenvalue weighted by Gasteiger charge is -2.12. The topological polar surface area (TPSA) is 61.3 Å². The van der Waals surface area contributed by atoms with Crippen molar-refractivity contribution in [3.8, 4) is 5.75 Å². The van der Waals surface area contributed by atoms with Gasteiger partial charge >= 0.3 is 0 Å². The summed E-state index contributed by atoms with van der Waals surface area (Å²) in [4.78, 5) is 0. The van der Waals surface area contributed by atoms with Gasteiger partial charge in [-0.15, -0.1) is 0 Å². The smallest absolute Gasteiger partial charge is 0.130 e. The van der Waals surface area contributed by atoms with Gasteiger partial charge in [0, 0.05) is 17.2 Å². The molecular formula is C12H14N2O2. The van der Waals surface area contributed by atoms with Crippen LogP contribution in [-0.4, -0.2) is 5.16 Å². The van der Waals surface area contributed by atoms with Gasteiger partial charge in [-0.05, 0) is 13.0 Å². The van der Waals surface area contributed by atoms with Gasteiger partial charge in [-0.25, -0.2) is 0 Å². The Kier molecular flexibility index (Phi) is 3.22. The molecule has 0 spiro atoms. The Balaban J connectivity index is 2.09. The number of hydrogen-bond acceptors (Lipinski definition) is 4. The monoisotopic (exact) mass is 218 g/mol. The molecule has 1 atom stereocenters. The minimum Gasteiger partial charge on any atom is -0.488 e. The largest absolute Gasteiger partial charge is 0.488 e. The second-order valence-corrected chi connectivity index (χ2v) is 3.65. The Morgan fingerprint density at radius 3 is 2.94 bits per heavy atom. The van der Waals surface area contributed by atoms with Crippen LogP contribution in [0.15, 0.2) is 41.2 Å². The van der Waals surface area contributed by atoms with Crippen molar-refractivity contribution in [1.29, 1.82) is 0 Å². The lowest BCUT2D eigenvalue weighted by molar-refractivity contribution is 0.300. The van der Waals surface area contributed by atoms with Crippen LogP contribution in [0.4, 0.5) is 0 Å². The standard InChI is InChI=1S/C12H14N2O2/c1-9(13)11-4-2-3-5-12(11)15-7-10-6-14-16-8-10/h2-6,8-9H,7,13H2,1H3. The molecule has 0 saturated carbocycles. The fraction of sp³-hybridized carbons (Fsp3) is 0.250. The Morgan fingerprint density at radius 1 is 1.44 bits per heavy atom. The van der Waals surface area contributed by atoms with Crippen LogP contribution in [0.25, 0.3) is 0 Å². The van der Waals surface area contributed by atoms with Gasteiger partial charge in [0.25, 0.3) is 0 Å². The van der Waals surface area contributed by atoms with Crippen molar-refractivity contribution < 1.29 is 9.26 Å². The van der Waals surface area contributed by atoms with Crippen molar-refractivity contribution in [2.45, 2.75) is 19.6 Å². The van der Waals surface area contributed by atoms with E-state index in [0.717, 1.165) is 16.9 Å². The molecular weight excluding hydrogens is 204 g/mol. The predicted octanol–water partition coefficient (Wildman–Crippen LogP) is 2.27. The fourth-order valence-electron chi connectivity index (χ4n) is 1.45. The molecule has 2 N–H and O–H groups in total. The van der Waals surface area contributed by atoms with E-state index in [9.17, 15) is 0 Å². The van der Waals surface area contributed by atoms with E-state index < -0.39 is 0 Å². The zero-order valence-electron chi connectivity index (χ0n) is 9.09. The van der Waals surface area contributed by atoms with Crippen molar-refractivity contribution in [2.75, 3.05) is 0 Å². The van der Waals surface area contributed by atoms with Crippen LogP contribution >= 0.6 is 0 Å². The first-order valence-corrected chi connectivity index (χ1v) is 5.13. The van der Waals surface area contributed by atoms with Gasteiger partial charge in [0.05, 0.1) is 6.20 Å². The first-order valence-electron chi connectivity index (χ1n) is 5.13. The van der Waals surface area contributed by atoms with Gasteiger partial charge < -0.3 is 15.0 Å². The van der Waals surface area contributed by atoms with Crippen LogP contribution in [0.3, 0.4) is 0 Å². The van der Waals surface area contributed by atoms with E-state index in [4.69, 9.17) is 15.0 Å². The maximum absolute atomic E-state index is 5.85. The molecule has 1 heterocycles. The maximum Gasteiger partial charge on any atom is 0.130 e. The summed E-state index contributed by atoms with van der Waals surface area (Å²) >= 11 is 0. The van der Waals surface area contributed by atoms with Crippen molar-refractivity contribution in [3.05, 3.63) is 47.9 Å². The molecule has 0 aliphatic rings. The Morgan fingerprint density at radius 2 is 2.25 bits per heavy atom. The average molecular weight is 218 g/mol. The number of benzene rings is 1. The minimum absolute atomic E-state index is 0.0429. The summed E-state index contributed by atoms with van der Waals surface area (Å²) < 4.78 is 10.4. The second-order valence-electron chi connectivity index (χ2n) is 3.65. The highest BCUT2D eigenvalue weighted by atomic mass is 16.5. The molecule has 0 radical (unpaired) electrons. The van der Waals surface area contributed by atoms with Crippen molar-refractivity contribution in [3.63, 3.8) is 0 Å². The summed E-state index contributed by atoms with van der Waals surface area (Å²) in [7, 11) is 0. The molecule has 0 amide bonds. The zero-order chi connectivity index (χ0) is 11.4. The molecule has 0 aliphatic heterocycles. The molecule has 0 fully saturated rings. The van der Waals surface area contributed by atoms with Gasteiger partial charge in [0.2, 0.25) is 0 Å². The summed E-state index contributed by atoms with van der Waals surface area (Å²) in [5.74, 6) is 0.804. The minimum atomic E-state index is -0.0429. The third kappa shape index (κ3) is 2.41. The van der Waals surface area contributed by atoms with Crippen molar-refractivity contribution in [1.82, 2.24) is 5.16 Å². The summed E-state index contributed by atoms with van der Waals surface area (Å²) in [6.07, 6.45) is 3.20. The highest BCUT2D eigenvalue weighted by Gasteiger charge is 2.07. The van der Waals surface area contributed by atoms with Gasteiger partial charge in [0.15, 0.2) is 0 Å². The maximum atomic E-state index is 5.85. The van der Waals surface area contributed by atoms with E-state index in [0.29, 0.717) is 6.61 Å². The van der Waals surface area contributed by atoms with E-state index in [2.05, 4.69) is 5.16 Å². The SMILES string of the molecule is CC(N)c1ccccc1OCc1cnoc1. The highest BCUT2D eigenvalue weighted by Crippen LogP contribution is 2.23. The summed E-state index contributed by atoms with van der Waals surface area (Å²) in [5, 5.41) is 3.61. The zero-order valence-corrected chi connectivity index (χ0v) is 9.09. The summed E-state index contributed by atoms with van der Waals surface area (Å²) in [6, 6.07) is 7.71. The van der Waals surface area contributed by atoms with Gasteiger partial charge in [0.1, 0.15) is 18.6 Å². The summed E-state index contributed by atoms with van der Waals surface area (Å²) in [6.45, 7) is 2.37. The van der Waals surface area contributed by atoms with Gasteiger partial charge in [-0.3, -0.25) is 0 Å². The van der Waals surface area contributed by atoms with Gasteiger partial charge in [-0.1, -0.05) is 23.4 Å². The normalized spacial score (nSPS) is 12.4. The average Bonchev–Trinajstić information content (AvgIpc) is 2.79. The van der Waals surface area contributed by atoms with Crippen LogP contribution in [0.5, 0.6) is 5.75 Å². The molecule has 1 aromatic carbocycles. The quantitative estimate of drug-likeness (QED) is 0.855. The molecule has 2 rings (SSSR count). The summed E-state index contributed by atoms with van der Waals surface area (Å²) in [5.41, 5.74) is 7.75. The van der Waals surface area contributed by atoms with E-state index in [-0.39, 0.29) is 6.04 Å². The number of hydrogen-bond donors (Lipinski definition) is 1. The number of ether oxygens (including phenoxy) is 1. The van der Waals surface area contributed by atoms with E-state index >= 15 is 0 Å². The van der Waals surface area contributed by atoms with Crippen LogP contribution in [0, 0.1) is 0 Å². The third-order valence-corrected chi connectivity index (χ3v) is 2.29. The van der Waals surface area contributed by atoms with E-state index in [1.54, 1.807) is 12.5 Å². The Hall–Kier alpha value is -1.81. The fourth-order valence-corrected chi connectivity index (χ4v) is 1.45. The molecule has 1 aromatic heterocycles. The molecule has 4 heteroatoms. The van der Waals surface area contributed by atoms with E-state index in [1.165, 1.54) is 0 Å². The lowest BCUT2D eigenvalue weighted by Crippen LogP contribution is -2.07. The molecule has 2 aromatic rings. The lowest BCUT2D eigenvalue weighted by atomic mass is 10.1. The Labute approximate surface area is 94.0 Å². The van der Waals surface area contributed by atoms with E-state index in [1.807, 2.05) is 31.2 Å². The van der Waals surface area contributed by atoms with Crippen LogP contribution in [0.2, 0.25) is 0 Å². The van der Waals surface area contributed by atoms with Crippen LogP contribution in [-0.2, 0) is 6.61 Å². The van der Waals surface area contributed by atoms with Crippen molar-refractivity contribution >= 4 is 0 Å². The molecule has 0 bridgehead atoms. The van der Waals surface area contributed by atoms with Crippen molar-refractivity contribution in [2.24, 2.45) is 5.73 Å². The van der Waals surface area contributed by atoms with Gasteiger partial charge in [-0.2, -0.15) is 0 Å². The first kappa shape index (κ1) is 10.7. The third-order valence-electron chi connectivity index (χ3n) is 2.29. The predicted molar refractivity (Wildman–Crippen MR) is 59.9 cm³/mol. The molecule has 16 heavy (non-hydrogen) atoms. The Bertz CT molecular complexity index is 438. The first-order chi connectivity index (χ1) is 7.77. The molecule has 4 nitrogen and oxygen atoms in total. The highest BCUT2D eigenvalue weighted by molar-refractivity contribution is 5.35. The number of para-hydroxylation sites is 1.